The van der Waals surface area contributed by atoms with Crippen LogP contribution in [0.2, 0.25) is 0 Å². The zero-order chi connectivity index (χ0) is 46.8. The van der Waals surface area contributed by atoms with Crippen molar-refractivity contribution in [2.75, 3.05) is 25.5 Å². The number of hydrogen-bond acceptors (Lipinski definition) is 17. The van der Waals surface area contributed by atoms with Gasteiger partial charge in [0.05, 0.1) is 18.7 Å². The van der Waals surface area contributed by atoms with Crippen LogP contribution in [-0.4, -0.2) is 149 Å². The lowest BCUT2D eigenvalue weighted by Gasteiger charge is -2.44. The number of aliphatic hydroxyl groups is 3. The number of carbonyl (C=O) groups excluding carboxylic acids is 4. The Kier molecular flexibility index (Phi) is 23.9. The Hall–Kier alpha value is -1.76. The van der Waals surface area contributed by atoms with E-state index in [9.17, 15) is 72.7 Å². The van der Waals surface area contributed by atoms with Gasteiger partial charge < -0.3 is 65.2 Å². The molecule has 3 aliphatic rings. The summed E-state index contributed by atoms with van der Waals surface area (Å²) >= 11 is 1.84. The van der Waals surface area contributed by atoms with Crippen molar-refractivity contribution in [1.82, 2.24) is 16.0 Å². The van der Waals surface area contributed by atoms with Crippen molar-refractivity contribution < 1.29 is 100 Å². The molecule has 2 heterocycles. The monoisotopic (exact) mass is 987 g/mol. The largest absolute Gasteiger partial charge is 0.472 e. The van der Waals surface area contributed by atoms with Crippen LogP contribution in [0.3, 0.4) is 0 Å². The molecule has 3 fully saturated rings. The first kappa shape index (κ1) is 55.6. The van der Waals surface area contributed by atoms with Crippen LogP contribution in [0.25, 0.3) is 0 Å². The predicted molar refractivity (Wildman–Crippen MR) is 221 cm³/mol. The zero-order valence-corrected chi connectivity index (χ0v) is 38.6. The predicted octanol–water partition coefficient (Wildman–Crippen LogP) is 1.54. The summed E-state index contributed by atoms with van der Waals surface area (Å²) in [5.41, 5.74) is 0. The Morgan fingerprint density at radius 2 is 1.29 bits per heavy atom. The number of phosphoric ester groups is 3. The van der Waals surface area contributed by atoms with Gasteiger partial charge in [-0.2, -0.15) is 11.8 Å². The second-order valence-corrected chi connectivity index (χ2v) is 20.7. The highest BCUT2D eigenvalue weighted by atomic mass is 32.2. The van der Waals surface area contributed by atoms with Gasteiger partial charge in [0, 0.05) is 36.8 Å². The minimum atomic E-state index is -5.61. The number of rotatable bonds is 31. The van der Waals surface area contributed by atoms with Crippen molar-refractivity contribution in [3.8, 4) is 0 Å². The number of unbranched alkanes of at least 4 members (excludes halogenated alkanes) is 9. The van der Waals surface area contributed by atoms with Crippen LogP contribution in [0.5, 0.6) is 0 Å². The van der Waals surface area contributed by atoms with E-state index in [1.807, 2.05) is 18.7 Å². The van der Waals surface area contributed by atoms with E-state index in [0.29, 0.717) is 37.5 Å². The van der Waals surface area contributed by atoms with Gasteiger partial charge in [-0.25, -0.2) is 18.5 Å². The number of nitrogens with one attached hydrogen (secondary N) is 3. The average Bonchev–Trinajstić information content (AvgIpc) is 3.75. The van der Waals surface area contributed by atoms with Crippen LogP contribution in [0.4, 0.5) is 4.79 Å². The van der Waals surface area contributed by atoms with Gasteiger partial charge in [-0.1, -0.05) is 58.3 Å². The smallest absolute Gasteiger partial charge is 0.462 e. The second-order valence-electron chi connectivity index (χ2n) is 15.6. The fourth-order valence-electron chi connectivity index (χ4n) is 7.22. The Labute approximate surface area is 369 Å². The number of esters is 2. The molecule has 63 heavy (non-hydrogen) atoms. The molecule has 0 aromatic heterocycles. The van der Waals surface area contributed by atoms with Gasteiger partial charge in [-0.3, -0.25) is 32.5 Å². The van der Waals surface area contributed by atoms with Gasteiger partial charge in [-0.05, 0) is 32.1 Å². The number of carbonyl (C=O) groups is 4. The van der Waals surface area contributed by atoms with Crippen molar-refractivity contribution in [3.05, 3.63) is 0 Å². The number of urea groups is 1. The Morgan fingerprint density at radius 3 is 1.94 bits per heavy atom. The highest BCUT2D eigenvalue weighted by Crippen LogP contribution is 2.51. The van der Waals surface area contributed by atoms with E-state index in [1.54, 1.807) is 0 Å². The molecule has 24 nitrogen and oxygen atoms in total. The number of thioether (sulfide) groups is 1. The van der Waals surface area contributed by atoms with Crippen LogP contribution >= 0.6 is 35.2 Å². The summed E-state index contributed by atoms with van der Waals surface area (Å²) in [6.07, 6.45) is -6.12. The van der Waals surface area contributed by atoms with Gasteiger partial charge in [0.25, 0.3) is 0 Å². The summed E-state index contributed by atoms with van der Waals surface area (Å²) in [5, 5.41) is 40.8. The number of amides is 3. The maximum Gasteiger partial charge on any atom is 0.472 e. The molecule has 0 bridgehead atoms. The van der Waals surface area contributed by atoms with E-state index in [1.165, 1.54) is 0 Å². The van der Waals surface area contributed by atoms with Crippen molar-refractivity contribution in [2.24, 2.45) is 0 Å². The van der Waals surface area contributed by atoms with Gasteiger partial charge in [0.1, 0.15) is 43.2 Å². The number of hydrogen-bond donors (Lipinski definition) is 11. The summed E-state index contributed by atoms with van der Waals surface area (Å²) in [6.45, 7) is 0.970. The van der Waals surface area contributed by atoms with Crippen LogP contribution in [-0.2, 0) is 55.6 Å². The van der Waals surface area contributed by atoms with Crippen LogP contribution in [0.15, 0.2) is 0 Å². The summed E-state index contributed by atoms with van der Waals surface area (Å²) in [4.78, 5) is 96.3. The van der Waals surface area contributed by atoms with Gasteiger partial charge >= 0.3 is 41.4 Å². The molecule has 0 aromatic rings. The number of phosphoric acid groups is 3. The van der Waals surface area contributed by atoms with E-state index >= 15 is 0 Å². The summed E-state index contributed by atoms with van der Waals surface area (Å²) in [6, 6.07) is 0.207. The molecule has 11 N–H and O–H groups in total. The molecular weight excluding hydrogens is 923 g/mol. The first-order valence-corrected chi connectivity index (χ1v) is 26.7. The third kappa shape index (κ3) is 21.2. The zero-order valence-electron chi connectivity index (χ0n) is 35.1. The number of fused-ring (bicyclic) bond motifs is 1. The Bertz CT molecular complexity index is 1610. The molecule has 0 aromatic carbocycles. The molecule has 1 saturated carbocycles. The standard InChI is InChI=1S/C35H64N3O21P3S/c1-2-3-4-6-10-17-27(41)56-22(20-55-62(52,53)59-32-29(42)30(43)33(57-60(46,47)48)34(31(32)44)58-61(49,50)51)19-54-26(40)16-9-7-5-8-13-18-36-25(39)15-12-11-14-24-28-23(21-63-24)37-35(45)38-28/h22-24,28-34,42-44H,2-21H2,1H3,(H,36,39)(H,52,53)(H2,37,38,45)(H2,46,47,48)(H2,49,50,51)/t22-,23+,24-,28+,29-,30+,31+,32-,33-,34-/m1/s1. The molecule has 3 amide bonds. The molecular formula is C35H64N3O21P3S. The molecule has 366 valence electrons. The van der Waals surface area contributed by atoms with E-state index in [-0.39, 0.29) is 36.9 Å². The van der Waals surface area contributed by atoms with Crippen molar-refractivity contribution >= 4 is 59.1 Å². The lowest BCUT2D eigenvalue weighted by atomic mass is 9.85. The van der Waals surface area contributed by atoms with Crippen molar-refractivity contribution in [3.63, 3.8) is 0 Å². The molecule has 1 aliphatic carbocycles. The quantitative estimate of drug-likeness (QED) is 0.0203. The summed E-state index contributed by atoms with van der Waals surface area (Å²) < 4.78 is 64.8. The van der Waals surface area contributed by atoms with Gasteiger partial charge in [0.15, 0.2) is 6.10 Å². The lowest BCUT2D eigenvalue weighted by Crippen LogP contribution is -2.65. The highest BCUT2D eigenvalue weighted by Gasteiger charge is 2.56. The average molecular weight is 988 g/mol. The maximum atomic E-state index is 13.0. The van der Waals surface area contributed by atoms with Crippen LogP contribution < -0.4 is 16.0 Å². The minimum absolute atomic E-state index is 0.00863. The van der Waals surface area contributed by atoms with Crippen molar-refractivity contribution in [1.29, 1.82) is 0 Å². The topological polar surface area (TPSA) is 373 Å². The maximum absolute atomic E-state index is 13.0. The third-order valence-corrected chi connectivity index (χ3v) is 13.9. The molecule has 1 unspecified atom stereocenters. The Morgan fingerprint density at radius 1 is 0.714 bits per heavy atom. The molecule has 2 saturated heterocycles. The molecule has 2 aliphatic heterocycles. The van der Waals surface area contributed by atoms with E-state index in [0.717, 1.165) is 70.0 Å². The first-order chi connectivity index (χ1) is 29.6. The van der Waals surface area contributed by atoms with E-state index in [2.05, 4.69) is 25.0 Å². The van der Waals surface area contributed by atoms with Crippen LogP contribution in [0.1, 0.15) is 110 Å². The van der Waals surface area contributed by atoms with Crippen LogP contribution in [0, 0.1) is 0 Å². The molecule has 0 radical (unpaired) electrons. The molecule has 0 spiro atoms. The summed E-state index contributed by atoms with van der Waals surface area (Å²) in [7, 11) is -16.6. The fourth-order valence-corrected chi connectivity index (χ4v) is 10.9. The van der Waals surface area contributed by atoms with Gasteiger partial charge in [-0.15, -0.1) is 0 Å². The minimum Gasteiger partial charge on any atom is -0.462 e. The number of ether oxygens (including phenoxy) is 2. The van der Waals surface area contributed by atoms with Gasteiger partial charge in [0.2, 0.25) is 5.91 Å². The number of aliphatic hydroxyl groups excluding tert-OH is 3. The van der Waals surface area contributed by atoms with E-state index < -0.39 is 91.3 Å². The fraction of sp³-hybridized carbons (Fsp3) is 0.886. The Balaban J connectivity index is 1.41. The lowest BCUT2D eigenvalue weighted by molar-refractivity contribution is -0.213. The second kappa shape index (κ2) is 27.2. The molecule has 11 atom stereocenters. The SMILES string of the molecule is CCCCCCCC(=O)O[C@H](COC(=O)CCCCCCCNC(=O)CCCC[C@H]1SC[C@@H]2NC(=O)N[C@@H]21)COP(=O)(O)O[C@@H]1[C@H](O)[C@H](O)[C@@H](OP(=O)(O)O)[C@H](OP(=O)(O)O)[C@H]1O. The highest BCUT2D eigenvalue weighted by molar-refractivity contribution is 8.00. The third-order valence-electron chi connectivity index (χ3n) is 10.4. The first-order valence-electron chi connectivity index (χ1n) is 21.1. The summed E-state index contributed by atoms with van der Waals surface area (Å²) in [5.74, 6) is -0.538. The van der Waals surface area contributed by atoms with Crippen molar-refractivity contribution in [2.45, 2.75) is 170 Å². The molecule has 28 heteroatoms. The molecule has 3 rings (SSSR count). The normalized spacial score (nSPS) is 27.4. The van der Waals surface area contributed by atoms with E-state index in [4.69, 9.17) is 18.5 Å².